The van der Waals surface area contributed by atoms with E-state index in [0.29, 0.717) is 24.6 Å². The highest BCUT2D eigenvalue weighted by atomic mass is 16.2. The third kappa shape index (κ3) is 3.93. The quantitative estimate of drug-likeness (QED) is 0.800. The number of hydrogen-bond donors (Lipinski definition) is 0. The molecule has 0 spiro atoms. The summed E-state index contributed by atoms with van der Waals surface area (Å²) in [6.45, 7) is 1.41. The minimum atomic E-state index is -0.000615. The first kappa shape index (κ1) is 18.7. The van der Waals surface area contributed by atoms with Crippen molar-refractivity contribution in [3.05, 3.63) is 54.2 Å². The maximum absolute atomic E-state index is 12.8. The number of aromatic nitrogens is 1. The van der Waals surface area contributed by atoms with Gasteiger partial charge >= 0.3 is 0 Å². The summed E-state index contributed by atoms with van der Waals surface area (Å²) >= 11 is 0. The van der Waals surface area contributed by atoms with E-state index in [1.807, 2.05) is 49.5 Å². The van der Waals surface area contributed by atoms with Crippen LogP contribution in [0.5, 0.6) is 0 Å². The molecule has 4 rings (SSSR count). The summed E-state index contributed by atoms with van der Waals surface area (Å²) in [6, 6.07) is 13.8. The standard InChI is InChI=1S/C23H27N3O2/c1-25(15-17-14-22(27)26(16-17)20-6-2-3-7-20)23(28)19-11-9-18(10-12-19)21-8-4-5-13-24-21/h4-5,8-13,17,20H,2-3,6-7,14-16H2,1H3/t17-/m0/s1. The molecule has 5 heteroatoms. The van der Waals surface area contributed by atoms with Gasteiger partial charge in [0.15, 0.2) is 0 Å². The molecule has 0 bridgehead atoms. The lowest BCUT2D eigenvalue weighted by Crippen LogP contribution is -2.36. The molecular formula is C23H27N3O2. The van der Waals surface area contributed by atoms with Gasteiger partial charge in [-0.25, -0.2) is 0 Å². The van der Waals surface area contributed by atoms with Crippen LogP contribution in [-0.2, 0) is 4.79 Å². The van der Waals surface area contributed by atoms with Crippen LogP contribution >= 0.6 is 0 Å². The predicted octanol–water partition coefficient (Wildman–Crippen LogP) is 3.61. The first-order valence-corrected chi connectivity index (χ1v) is 10.2. The lowest BCUT2D eigenvalue weighted by Gasteiger charge is -2.25. The van der Waals surface area contributed by atoms with Crippen LogP contribution < -0.4 is 0 Å². The fourth-order valence-corrected chi connectivity index (χ4v) is 4.51. The van der Waals surface area contributed by atoms with Gasteiger partial charge in [0.25, 0.3) is 5.91 Å². The third-order valence-electron chi connectivity index (χ3n) is 5.98. The van der Waals surface area contributed by atoms with Gasteiger partial charge in [0.1, 0.15) is 0 Å². The Bertz CT molecular complexity index is 829. The van der Waals surface area contributed by atoms with Crippen molar-refractivity contribution >= 4 is 11.8 Å². The first-order valence-electron chi connectivity index (χ1n) is 10.2. The van der Waals surface area contributed by atoms with Crippen molar-refractivity contribution in [2.75, 3.05) is 20.1 Å². The van der Waals surface area contributed by atoms with Gasteiger partial charge < -0.3 is 9.80 Å². The Morgan fingerprint density at radius 3 is 2.57 bits per heavy atom. The second kappa shape index (κ2) is 8.13. The molecule has 1 aromatic heterocycles. The minimum Gasteiger partial charge on any atom is -0.341 e. The summed E-state index contributed by atoms with van der Waals surface area (Å²) in [7, 11) is 1.83. The van der Waals surface area contributed by atoms with Crippen molar-refractivity contribution in [3.8, 4) is 11.3 Å². The highest BCUT2D eigenvalue weighted by molar-refractivity contribution is 5.94. The van der Waals surface area contributed by atoms with E-state index in [0.717, 1.165) is 30.6 Å². The van der Waals surface area contributed by atoms with E-state index >= 15 is 0 Å². The lowest BCUT2D eigenvalue weighted by atomic mass is 10.1. The molecule has 0 unspecified atom stereocenters. The average Bonchev–Trinajstić information content (AvgIpc) is 3.38. The molecule has 0 radical (unpaired) electrons. The molecule has 1 aromatic carbocycles. The third-order valence-corrected chi connectivity index (χ3v) is 5.98. The molecule has 146 valence electrons. The number of pyridine rings is 1. The smallest absolute Gasteiger partial charge is 0.253 e. The number of likely N-dealkylation sites (tertiary alicyclic amines) is 1. The summed E-state index contributed by atoms with van der Waals surface area (Å²) < 4.78 is 0. The van der Waals surface area contributed by atoms with Crippen molar-refractivity contribution in [1.29, 1.82) is 0 Å². The maximum Gasteiger partial charge on any atom is 0.253 e. The van der Waals surface area contributed by atoms with Gasteiger partial charge in [-0.2, -0.15) is 0 Å². The average molecular weight is 377 g/mol. The molecule has 2 aromatic rings. The summed E-state index contributed by atoms with van der Waals surface area (Å²) in [5, 5.41) is 0. The van der Waals surface area contributed by atoms with Crippen LogP contribution in [0.3, 0.4) is 0 Å². The van der Waals surface area contributed by atoms with Gasteiger partial charge in [0.2, 0.25) is 5.91 Å². The summed E-state index contributed by atoms with van der Waals surface area (Å²) in [5.41, 5.74) is 2.55. The van der Waals surface area contributed by atoms with Crippen LogP contribution in [0.15, 0.2) is 48.7 Å². The summed E-state index contributed by atoms with van der Waals surface area (Å²) in [6.07, 6.45) is 7.05. The van der Waals surface area contributed by atoms with Crippen LogP contribution in [0.4, 0.5) is 0 Å². The molecule has 2 aliphatic rings. The fraction of sp³-hybridized carbons (Fsp3) is 0.435. The van der Waals surface area contributed by atoms with Gasteiger partial charge in [0.05, 0.1) is 5.69 Å². The second-order valence-electron chi connectivity index (χ2n) is 8.03. The molecule has 1 atom stereocenters. The fourth-order valence-electron chi connectivity index (χ4n) is 4.51. The normalized spacial score (nSPS) is 20.0. The Balaban J connectivity index is 1.36. The molecule has 1 saturated carbocycles. The molecule has 1 aliphatic heterocycles. The SMILES string of the molecule is CN(C[C@@H]1CC(=O)N(C2CCCC2)C1)C(=O)c1ccc(-c2ccccn2)cc1. The zero-order valence-electron chi connectivity index (χ0n) is 16.4. The van der Waals surface area contributed by atoms with E-state index in [-0.39, 0.29) is 17.7 Å². The summed E-state index contributed by atoms with van der Waals surface area (Å²) in [4.78, 5) is 33.4. The molecule has 2 heterocycles. The van der Waals surface area contributed by atoms with Crippen molar-refractivity contribution in [3.63, 3.8) is 0 Å². The number of nitrogens with zero attached hydrogens (tertiary/aromatic N) is 3. The predicted molar refractivity (Wildman–Crippen MR) is 109 cm³/mol. The Labute approximate surface area is 166 Å². The van der Waals surface area contributed by atoms with Crippen LogP contribution in [0.2, 0.25) is 0 Å². The largest absolute Gasteiger partial charge is 0.341 e. The molecule has 2 fully saturated rings. The number of carbonyl (C=O) groups excluding carboxylic acids is 2. The molecule has 1 aliphatic carbocycles. The van der Waals surface area contributed by atoms with Crippen LogP contribution in [0.1, 0.15) is 42.5 Å². The zero-order valence-corrected chi connectivity index (χ0v) is 16.4. The molecular weight excluding hydrogens is 350 g/mol. The van der Waals surface area contributed by atoms with Gasteiger partial charge in [-0.1, -0.05) is 31.0 Å². The Morgan fingerprint density at radius 1 is 1.14 bits per heavy atom. The maximum atomic E-state index is 12.8. The van der Waals surface area contributed by atoms with Crippen molar-refractivity contribution in [1.82, 2.24) is 14.8 Å². The Hall–Kier alpha value is -2.69. The molecule has 5 nitrogen and oxygen atoms in total. The monoisotopic (exact) mass is 377 g/mol. The molecule has 1 saturated heterocycles. The van der Waals surface area contributed by atoms with E-state index in [9.17, 15) is 9.59 Å². The topological polar surface area (TPSA) is 53.5 Å². The number of hydrogen-bond acceptors (Lipinski definition) is 3. The van der Waals surface area contributed by atoms with Gasteiger partial charge in [-0.05, 0) is 37.1 Å². The number of benzene rings is 1. The Morgan fingerprint density at radius 2 is 1.89 bits per heavy atom. The van der Waals surface area contributed by atoms with Crippen LogP contribution in [0, 0.1) is 5.92 Å². The number of amides is 2. The van der Waals surface area contributed by atoms with Gasteiger partial charge in [0, 0.05) is 55.8 Å². The molecule has 2 amide bonds. The highest BCUT2D eigenvalue weighted by Crippen LogP contribution is 2.29. The van der Waals surface area contributed by atoms with E-state index in [4.69, 9.17) is 0 Å². The van der Waals surface area contributed by atoms with Crippen molar-refractivity contribution in [2.24, 2.45) is 5.92 Å². The van der Waals surface area contributed by atoms with Crippen LogP contribution in [-0.4, -0.2) is 52.8 Å². The van der Waals surface area contributed by atoms with E-state index in [1.54, 1.807) is 11.1 Å². The van der Waals surface area contributed by atoms with E-state index in [1.165, 1.54) is 12.8 Å². The molecule has 28 heavy (non-hydrogen) atoms. The van der Waals surface area contributed by atoms with Crippen molar-refractivity contribution in [2.45, 2.75) is 38.1 Å². The zero-order chi connectivity index (χ0) is 19.5. The first-order chi connectivity index (χ1) is 13.6. The van der Waals surface area contributed by atoms with Gasteiger partial charge in [-0.15, -0.1) is 0 Å². The van der Waals surface area contributed by atoms with E-state index in [2.05, 4.69) is 9.88 Å². The number of rotatable bonds is 5. The van der Waals surface area contributed by atoms with Crippen LogP contribution in [0.25, 0.3) is 11.3 Å². The lowest BCUT2D eigenvalue weighted by molar-refractivity contribution is -0.129. The number of carbonyl (C=O) groups is 2. The highest BCUT2D eigenvalue weighted by Gasteiger charge is 2.36. The van der Waals surface area contributed by atoms with Crippen molar-refractivity contribution < 1.29 is 9.59 Å². The second-order valence-corrected chi connectivity index (χ2v) is 8.03. The Kier molecular flexibility index (Phi) is 5.42. The summed E-state index contributed by atoms with van der Waals surface area (Å²) in [5.74, 6) is 0.492. The molecule has 0 N–H and O–H groups in total. The van der Waals surface area contributed by atoms with E-state index < -0.39 is 0 Å². The van der Waals surface area contributed by atoms with Gasteiger partial charge in [-0.3, -0.25) is 14.6 Å². The minimum absolute atomic E-state index is 0.000615.